The highest BCUT2D eigenvalue weighted by Crippen LogP contribution is 2.18. The number of ether oxygens (including phenoxy) is 1. The van der Waals surface area contributed by atoms with Crippen LogP contribution in [0, 0.1) is 5.82 Å². The van der Waals surface area contributed by atoms with Crippen molar-refractivity contribution < 1.29 is 23.5 Å². The van der Waals surface area contributed by atoms with E-state index in [1.54, 1.807) is 25.1 Å². The molecule has 2 N–H and O–H groups in total. The van der Waals surface area contributed by atoms with E-state index in [2.05, 4.69) is 10.6 Å². The third kappa shape index (κ3) is 4.87. The Labute approximate surface area is 144 Å². The molecule has 0 fully saturated rings. The molecule has 0 radical (unpaired) electrons. The van der Waals surface area contributed by atoms with Crippen LogP contribution in [0.1, 0.15) is 34.6 Å². The summed E-state index contributed by atoms with van der Waals surface area (Å²) < 4.78 is 18.5. The molecule has 0 atom stereocenters. The summed E-state index contributed by atoms with van der Waals surface area (Å²) in [5.41, 5.74) is 0.769. The average molecular weight is 344 g/mol. The summed E-state index contributed by atoms with van der Waals surface area (Å²) in [6.07, 6.45) is 0. The van der Waals surface area contributed by atoms with Crippen LogP contribution in [0.15, 0.2) is 42.5 Å². The van der Waals surface area contributed by atoms with Gasteiger partial charge in [-0.2, -0.15) is 0 Å². The van der Waals surface area contributed by atoms with Crippen LogP contribution in [0.4, 0.5) is 15.8 Å². The molecule has 2 aromatic carbocycles. The molecule has 0 aliphatic carbocycles. The van der Waals surface area contributed by atoms with Gasteiger partial charge in [-0.3, -0.25) is 9.59 Å². The normalized spacial score (nSPS) is 10.0. The van der Waals surface area contributed by atoms with Gasteiger partial charge in [0, 0.05) is 18.2 Å². The van der Waals surface area contributed by atoms with Crippen molar-refractivity contribution in [1.29, 1.82) is 0 Å². The Balaban J connectivity index is 2.18. The van der Waals surface area contributed by atoms with Gasteiger partial charge in [0.2, 0.25) is 5.91 Å². The van der Waals surface area contributed by atoms with Gasteiger partial charge in [-0.25, -0.2) is 9.18 Å². The summed E-state index contributed by atoms with van der Waals surface area (Å²) in [6.45, 7) is 3.19. The molecule has 130 valence electrons. The number of carbonyl (C=O) groups excluding carboxylic acids is 3. The first-order valence-corrected chi connectivity index (χ1v) is 7.56. The maximum Gasteiger partial charge on any atom is 0.338 e. The minimum Gasteiger partial charge on any atom is -0.462 e. The highest BCUT2D eigenvalue weighted by Gasteiger charge is 2.12. The molecule has 6 nitrogen and oxygen atoms in total. The Morgan fingerprint density at radius 2 is 1.80 bits per heavy atom. The monoisotopic (exact) mass is 344 g/mol. The zero-order valence-electron chi connectivity index (χ0n) is 13.8. The van der Waals surface area contributed by atoms with Crippen LogP contribution in [-0.4, -0.2) is 24.4 Å². The molecule has 0 aliphatic rings. The standard InChI is InChI=1S/C18H17FN2O4/c1-3-25-18(24)13-5-4-6-14(9-13)21-17(23)12-7-8-15(19)16(10-12)20-11(2)22/h4-10H,3H2,1-2H3,(H,20,22)(H,21,23). The Kier molecular flexibility index (Phi) is 5.84. The Morgan fingerprint density at radius 1 is 1.04 bits per heavy atom. The molecule has 2 rings (SSSR count). The highest BCUT2D eigenvalue weighted by molar-refractivity contribution is 6.05. The van der Waals surface area contributed by atoms with Crippen LogP contribution < -0.4 is 10.6 Å². The van der Waals surface area contributed by atoms with Gasteiger partial charge in [-0.1, -0.05) is 6.07 Å². The van der Waals surface area contributed by atoms with E-state index in [1.165, 1.54) is 25.1 Å². The molecule has 0 aromatic heterocycles. The number of benzene rings is 2. The fourth-order valence-corrected chi connectivity index (χ4v) is 2.09. The van der Waals surface area contributed by atoms with Crippen molar-refractivity contribution in [2.45, 2.75) is 13.8 Å². The van der Waals surface area contributed by atoms with Crippen LogP contribution in [0.3, 0.4) is 0 Å². The number of halogens is 1. The molecule has 0 aliphatic heterocycles. The van der Waals surface area contributed by atoms with Gasteiger partial charge in [-0.15, -0.1) is 0 Å². The second kappa shape index (κ2) is 8.05. The van der Waals surface area contributed by atoms with Gasteiger partial charge in [0.05, 0.1) is 17.9 Å². The molecule has 0 saturated carbocycles. The summed E-state index contributed by atoms with van der Waals surface area (Å²) in [5, 5.41) is 4.93. The molecular formula is C18H17FN2O4. The first-order valence-electron chi connectivity index (χ1n) is 7.56. The van der Waals surface area contributed by atoms with Crippen LogP contribution in [0.5, 0.6) is 0 Å². The van der Waals surface area contributed by atoms with Crippen molar-refractivity contribution >= 4 is 29.2 Å². The molecule has 0 unspecified atom stereocenters. The molecular weight excluding hydrogens is 327 g/mol. The molecule has 2 amide bonds. The maximum atomic E-state index is 13.6. The largest absolute Gasteiger partial charge is 0.462 e. The lowest BCUT2D eigenvalue weighted by Gasteiger charge is -2.09. The summed E-state index contributed by atoms with van der Waals surface area (Å²) in [5.74, 6) is -2.09. The number of anilines is 2. The fourth-order valence-electron chi connectivity index (χ4n) is 2.09. The minimum atomic E-state index is -0.643. The van der Waals surface area contributed by atoms with E-state index in [4.69, 9.17) is 4.74 Å². The van der Waals surface area contributed by atoms with Crippen LogP contribution >= 0.6 is 0 Å². The predicted octanol–water partition coefficient (Wildman–Crippen LogP) is 3.21. The summed E-state index contributed by atoms with van der Waals surface area (Å²) in [7, 11) is 0. The van der Waals surface area contributed by atoms with Gasteiger partial charge in [0.15, 0.2) is 0 Å². The molecule has 0 spiro atoms. The SMILES string of the molecule is CCOC(=O)c1cccc(NC(=O)c2ccc(F)c(NC(C)=O)c2)c1. The van der Waals surface area contributed by atoms with Gasteiger partial charge < -0.3 is 15.4 Å². The van der Waals surface area contributed by atoms with E-state index in [0.29, 0.717) is 11.3 Å². The minimum absolute atomic E-state index is 0.0829. The summed E-state index contributed by atoms with van der Waals surface area (Å²) in [4.78, 5) is 35.1. The third-order valence-electron chi connectivity index (χ3n) is 3.17. The van der Waals surface area contributed by atoms with Crippen LogP contribution in [-0.2, 0) is 9.53 Å². The number of rotatable bonds is 5. The smallest absolute Gasteiger partial charge is 0.338 e. The average Bonchev–Trinajstić information content (AvgIpc) is 2.57. The number of carbonyl (C=O) groups is 3. The quantitative estimate of drug-likeness (QED) is 0.816. The Morgan fingerprint density at radius 3 is 2.48 bits per heavy atom. The molecule has 0 heterocycles. The van der Waals surface area contributed by atoms with Crippen molar-refractivity contribution in [3.63, 3.8) is 0 Å². The van der Waals surface area contributed by atoms with E-state index in [1.807, 2.05) is 0 Å². The third-order valence-corrected chi connectivity index (χ3v) is 3.17. The number of nitrogens with one attached hydrogen (secondary N) is 2. The van der Waals surface area contributed by atoms with Gasteiger partial charge in [0.25, 0.3) is 5.91 Å². The van der Waals surface area contributed by atoms with Gasteiger partial charge in [-0.05, 0) is 43.3 Å². The highest BCUT2D eigenvalue weighted by atomic mass is 19.1. The number of esters is 1. The predicted molar refractivity (Wildman–Crippen MR) is 91.1 cm³/mol. The topological polar surface area (TPSA) is 84.5 Å². The van der Waals surface area contributed by atoms with Gasteiger partial charge in [0.1, 0.15) is 5.82 Å². The first-order chi connectivity index (χ1) is 11.9. The second-order valence-corrected chi connectivity index (χ2v) is 5.13. The van der Waals surface area contributed by atoms with Crippen molar-refractivity contribution in [1.82, 2.24) is 0 Å². The number of hydrogen-bond acceptors (Lipinski definition) is 4. The van der Waals surface area contributed by atoms with Crippen LogP contribution in [0.2, 0.25) is 0 Å². The second-order valence-electron chi connectivity index (χ2n) is 5.13. The molecule has 0 saturated heterocycles. The lowest BCUT2D eigenvalue weighted by molar-refractivity contribution is -0.114. The molecule has 7 heteroatoms. The van der Waals surface area contributed by atoms with Crippen LogP contribution in [0.25, 0.3) is 0 Å². The van der Waals surface area contributed by atoms with Gasteiger partial charge >= 0.3 is 5.97 Å². The van der Waals surface area contributed by atoms with Crippen molar-refractivity contribution in [2.24, 2.45) is 0 Å². The van der Waals surface area contributed by atoms with Crippen molar-refractivity contribution in [2.75, 3.05) is 17.2 Å². The van der Waals surface area contributed by atoms with E-state index in [9.17, 15) is 18.8 Å². The summed E-state index contributed by atoms with van der Waals surface area (Å²) >= 11 is 0. The van der Waals surface area contributed by atoms with Crippen molar-refractivity contribution in [3.05, 3.63) is 59.4 Å². The Hall–Kier alpha value is -3.22. The van der Waals surface area contributed by atoms with E-state index in [-0.39, 0.29) is 17.9 Å². The molecule has 2 aromatic rings. The zero-order chi connectivity index (χ0) is 18.4. The van der Waals surface area contributed by atoms with E-state index < -0.39 is 23.6 Å². The number of hydrogen-bond donors (Lipinski definition) is 2. The molecule has 0 bridgehead atoms. The number of amides is 2. The first kappa shape index (κ1) is 18.1. The lowest BCUT2D eigenvalue weighted by atomic mass is 10.1. The molecule has 25 heavy (non-hydrogen) atoms. The van der Waals surface area contributed by atoms with E-state index >= 15 is 0 Å². The Bertz CT molecular complexity index is 820. The lowest BCUT2D eigenvalue weighted by Crippen LogP contribution is -2.14. The fraction of sp³-hybridized carbons (Fsp3) is 0.167. The zero-order valence-corrected chi connectivity index (χ0v) is 13.8. The maximum absolute atomic E-state index is 13.6. The van der Waals surface area contributed by atoms with E-state index in [0.717, 1.165) is 6.07 Å². The van der Waals surface area contributed by atoms with Crippen molar-refractivity contribution in [3.8, 4) is 0 Å². The summed E-state index contributed by atoms with van der Waals surface area (Å²) in [6, 6.07) is 9.89.